The molecule has 0 radical (unpaired) electrons. The first-order valence-corrected chi connectivity index (χ1v) is 17.1. The number of likely N-dealkylation sites (tertiary alicyclic amines) is 1. The summed E-state index contributed by atoms with van der Waals surface area (Å²) in [4.78, 5) is 58.1. The Balaban J connectivity index is 0.000000784. The van der Waals surface area contributed by atoms with Crippen molar-refractivity contribution in [2.24, 2.45) is 13.0 Å². The number of rotatable bonds is 6. The van der Waals surface area contributed by atoms with Gasteiger partial charge in [-0.15, -0.1) is 10.2 Å². The van der Waals surface area contributed by atoms with E-state index in [1.165, 1.54) is 41.9 Å². The molecule has 0 bridgehead atoms. The van der Waals surface area contributed by atoms with E-state index in [2.05, 4.69) is 30.5 Å². The van der Waals surface area contributed by atoms with E-state index in [0.29, 0.717) is 26.2 Å². The molecule has 4 N–H and O–H groups in total. The van der Waals surface area contributed by atoms with Gasteiger partial charge in [0.1, 0.15) is 5.82 Å². The number of carbonyl (C=O) groups excluding carboxylic acids is 3. The molecule has 56 heavy (non-hydrogen) atoms. The van der Waals surface area contributed by atoms with E-state index in [0.717, 1.165) is 43.0 Å². The lowest BCUT2D eigenvalue weighted by atomic mass is 9.95. The summed E-state index contributed by atoms with van der Waals surface area (Å²) in [6.07, 6.45) is -6.00. The van der Waals surface area contributed by atoms with Crippen molar-refractivity contribution in [3.63, 3.8) is 0 Å². The maximum atomic E-state index is 14.0. The Hall–Kier alpha value is -5.77. The Morgan fingerprint density at radius 3 is 2.09 bits per heavy atom. The molecule has 0 atom stereocenters. The second-order valence-electron chi connectivity index (χ2n) is 12.8. The summed E-state index contributed by atoms with van der Waals surface area (Å²) >= 11 is 6.48. The number of carboxylic acid groups (broad SMARTS) is 1. The monoisotopic (exact) mass is 813 g/mol. The minimum absolute atomic E-state index is 0.00488. The Morgan fingerprint density at radius 1 is 0.911 bits per heavy atom. The van der Waals surface area contributed by atoms with Gasteiger partial charge in [0, 0.05) is 51.0 Å². The third kappa shape index (κ3) is 9.53. The molecule has 16 nitrogen and oxygen atoms in total. The number of nitrogens with two attached hydrogens (primary N) is 1. The zero-order valence-electron chi connectivity index (χ0n) is 29.6. The van der Waals surface area contributed by atoms with Gasteiger partial charge >= 0.3 is 18.3 Å². The van der Waals surface area contributed by atoms with Crippen LogP contribution in [0.3, 0.4) is 0 Å². The van der Waals surface area contributed by atoms with Gasteiger partial charge < -0.3 is 35.4 Å². The number of piperidine rings is 1. The third-order valence-corrected chi connectivity index (χ3v) is 9.31. The summed E-state index contributed by atoms with van der Waals surface area (Å²) in [7, 11) is 3.44. The van der Waals surface area contributed by atoms with Gasteiger partial charge in [-0.25, -0.2) is 14.5 Å². The summed E-state index contributed by atoms with van der Waals surface area (Å²) < 4.78 is 75.8. The lowest BCUT2D eigenvalue weighted by molar-refractivity contribution is -0.192. The van der Waals surface area contributed by atoms with Crippen LogP contribution in [0.4, 0.5) is 37.8 Å². The Bertz CT molecular complexity index is 2090. The molecule has 0 spiro atoms. The predicted octanol–water partition coefficient (Wildman–Crippen LogP) is 3.83. The number of nitrogen functional groups attached to an aromatic ring is 1. The van der Waals surface area contributed by atoms with Crippen LogP contribution in [0, 0.1) is 5.92 Å². The van der Waals surface area contributed by atoms with Gasteiger partial charge in [-0.1, -0.05) is 11.6 Å². The molecule has 300 valence electrons. The van der Waals surface area contributed by atoms with Crippen molar-refractivity contribution in [1.82, 2.24) is 44.2 Å². The molecule has 0 aliphatic carbocycles. The number of carbonyl (C=O) groups is 4. The minimum Gasteiger partial charge on any atom is -0.475 e. The van der Waals surface area contributed by atoms with E-state index >= 15 is 0 Å². The van der Waals surface area contributed by atoms with Crippen molar-refractivity contribution in [2.75, 3.05) is 57.4 Å². The number of nitrogens with zero attached hydrogens (tertiary/aromatic N) is 9. The summed E-state index contributed by atoms with van der Waals surface area (Å²) in [5.41, 5.74) is 4.44. The molecule has 0 saturated carbocycles. The molecule has 2 saturated heterocycles. The van der Waals surface area contributed by atoms with Gasteiger partial charge in [-0.2, -0.15) is 31.4 Å². The van der Waals surface area contributed by atoms with Crippen molar-refractivity contribution in [1.29, 1.82) is 0 Å². The van der Waals surface area contributed by atoms with E-state index in [1.54, 1.807) is 4.90 Å². The van der Waals surface area contributed by atoms with E-state index in [-0.39, 0.29) is 62.7 Å². The Kier molecular flexibility index (Phi) is 12.2. The number of alkyl halides is 6. The SMILES string of the molecule is CN1CCC(C(=O)N2CCN(C(=O)c3ccc(NC(=O)c4ncc(-c5cn(-c6ccc(N)nn6)nc5C(F)(F)F)n4C)cc3Cl)CC2)CC1.O=C(O)C(F)(F)F. The number of aliphatic carboxylic acids is 1. The number of aromatic nitrogens is 6. The number of carboxylic acids is 1. The molecule has 2 aliphatic rings. The third-order valence-electron chi connectivity index (χ3n) is 9.00. The predicted molar refractivity (Wildman–Crippen MR) is 187 cm³/mol. The molecule has 3 aromatic heterocycles. The molecule has 2 aliphatic heterocycles. The van der Waals surface area contributed by atoms with E-state index in [9.17, 15) is 40.7 Å². The highest BCUT2D eigenvalue weighted by Gasteiger charge is 2.40. The van der Waals surface area contributed by atoms with E-state index in [1.807, 2.05) is 11.9 Å². The first-order valence-electron chi connectivity index (χ1n) is 16.7. The fourth-order valence-corrected chi connectivity index (χ4v) is 6.25. The van der Waals surface area contributed by atoms with Crippen LogP contribution in [0.25, 0.3) is 17.1 Å². The lowest BCUT2D eigenvalue weighted by Crippen LogP contribution is -2.52. The maximum Gasteiger partial charge on any atom is 0.490 e. The Morgan fingerprint density at radius 2 is 1.54 bits per heavy atom. The second kappa shape index (κ2) is 16.5. The van der Waals surface area contributed by atoms with Gasteiger partial charge in [0.2, 0.25) is 5.91 Å². The number of piperazine rings is 1. The van der Waals surface area contributed by atoms with Crippen molar-refractivity contribution in [3.8, 4) is 17.1 Å². The van der Waals surface area contributed by atoms with Crippen molar-refractivity contribution >= 4 is 46.8 Å². The molecule has 6 rings (SSSR count). The molecular formula is C33H34ClF6N11O5. The van der Waals surface area contributed by atoms with Crippen LogP contribution in [0.1, 0.15) is 39.5 Å². The number of nitrogens with one attached hydrogen (secondary N) is 1. The fourth-order valence-electron chi connectivity index (χ4n) is 5.98. The molecule has 2 fully saturated rings. The van der Waals surface area contributed by atoms with Gasteiger partial charge in [0.15, 0.2) is 17.3 Å². The number of benzene rings is 1. The van der Waals surface area contributed by atoms with Crippen molar-refractivity contribution < 1.29 is 50.6 Å². The molecule has 23 heteroatoms. The lowest BCUT2D eigenvalue weighted by Gasteiger charge is -2.38. The van der Waals surface area contributed by atoms with E-state index in [4.69, 9.17) is 27.2 Å². The molecule has 1 aromatic carbocycles. The van der Waals surface area contributed by atoms with Crippen molar-refractivity contribution in [3.05, 3.63) is 64.8 Å². The minimum atomic E-state index is -5.08. The van der Waals surface area contributed by atoms with Gasteiger partial charge in [0.05, 0.1) is 28.0 Å². The molecule has 4 aromatic rings. The first-order chi connectivity index (χ1) is 26.2. The normalized spacial score (nSPS) is 15.6. The summed E-state index contributed by atoms with van der Waals surface area (Å²) in [5.74, 6) is -3.72. The number of halogens is 7. The van der Waals surface area contributed by atoms with Crippen LogP contribution >= 0.6 is 11.6 Å². The van der Waals surface area contributed by atoms with Crippen LogP contribution in [0.5, 0.6) is 0 Å². The van der Waals surface area contributed by atoms with Crippen LogP contribution in [0.15, 0.2) is 42.7 Å². The number of anilines is 2. The molecular weight excluding hydrogens is 780 g/mol. The number of hydrogen-bond donors (Lipinski definition) is 3. The molecule has 0 unspecified atom stereocenters. The fraction of sp³-hybridized carbons (Fsp3) is 0.394. The largest absolute Gasteiger partial charge is 0.490 e. The van der Waals surface area contributed by atoms with Crippen LogP contribution in [-0.4, -0.2) is 126 Å². The summed E-state index contributed by atoms with van der Waals surface area (Å²) in [5, 5.41) is 21.0. The molecule has 5 heterocycles. The van der Waals surface area contributed by atoms with E-state index < -0.39 is 29.9 Å². The number of amides is 3. The van der Waals surface area contributed by atoms with Crippen LogP contribution < -0.4 is 11.1 Å². The highest BCUT2D eigenvalue weighted by atomic mass is 35.5. The average molecular weight is 814 g/mol. The molecule has 3 amide bonds. The zero-order valence-corrected chi connectivity index (χ0v) is 30.4. The zero-order chi connectivity index (χ0) is 41.1. The smallest absolute Gasteiger partial charge is 0.475 e. The first kappa shape index (κ1) is 41.4. The number of hydrogen-bond acceptors (Lipinski definition) is 10. The summed E-state index contributed by atoms with van der Waals surface area (Å²) in [6.45, 7) is 3.41. The van der Waals surface area contributed by atoms with Crippen molar-refractivity contribution in [2.45, 2.75) is 25.2 Å². The quantitative estimate of drug-likeness (QED) is 0.239. The van der Waals surface area contributed by atoms with Gasteiger partial charge in [-0.05, 0) is 63.3 Å². The summed E-state index contributed by atoms with van der Waals surface area (Å²) in [6, 6.07) is 7.14. The van der Waals surface area contributed by atoms with Gasteiger partial charge in [-0.3, -0.25) is 14.4 Å². The highest BCUT2D eigenvalue weighted by Crippen LogP contribution is 2.37. The Labute approximate surface area is 318 Å². The average Bonchev–Trinajstić information content (AvgIpc) is 3.76. The topological polar surface area (TPSA) is 198 Å². The van der Waals surface area contributed by atoms with Gasteiger partial charge in [0.25, 0.3) is 11.8 Å². The highest BCUT2D eigenvalue weighted by molar-refractivity contribution is 6.34. The van der Waals surface area contributed by atoms with Crippen LogP contribution in [0.2, 0.25) is 5.02 Å². The van der Waals surface area contributed by atoms with Crippen LogP contribution in [-0.2, 0) is 22.8 Å². The maximum absolute atomic E-state index is 14.0. The standard InChI is InChI=1S/C31H33ClF3N11O3.C2HF3O2/c1-42-9-7-18(8-10-42)29(48)44-11-13-45(14-12-44)30(49)20-4-3-19(15-22(20)32)38-28(47)27-37-16-23(43(27)2)21-17-46(41-26(21)31(33,34)35)25-6-5-24(36)39-40-25;3-2(4,5)1(6)7/h3-6,15-18H,7-14H2,1-2H3,(H2,36,39)(H,38,47);(H,6,7). The number of imidazole rings is 1. The second-order valence-corrected chi connectivity index (χ2v) is 13.2.